The van der Waals surface area contributed by atoms with Crippen LogP contribution in [0.15, 0.2) is 0 Å². The van der Waals surface area contributed by atoms with Crippen LogP contribution in [0.1, 0.15) is 26.7 Å². The summed E-state index contributed by atoms with van der Waals surface area (Å²) in [7, 11) is -2.08. The first-order valence-corrected chi connectivity index (χ1v) is 7.43. The largest absolute Gasteiger partial charge is 0.359 e. The molecule has 1 N–H and O–H groups in total. The molecule has 1 amide bonds. The lowest BCUT2D eigenvalue weighted by Gasteiger charge is -2.23. The third kappa shape index (κ3) is 2.49. The first-order valence-electron chi connectivity index (χ1n) is 5.92. The summed E-state index contributed by atoms with van der Waals surface area (Å²) in [5, 5.41) is 10.4. The molecule has 0 spiro atoms. The van der Waals surface area contributed by atoms with Crippen molar-refractivity contribution in [2.45, 2.75) is 31.9 Å². The SMILES string of the molecule is CCC(C#N)S(=O)(=O)N1CCC(C)(C(=O)NC)C1. The molecule has 2 unspecified atom stereocenters. The molecule has 0 aliphatic carbocycles. The lowest BCUT2D eigenvalue weighted by Crippen LogP contribution is -2.42. The molecule has 18 heavy (non-hydrogen) atoms. The Morgan fingerprint density at radius 2 is 2.22 bits per heavy atom. The van der Waals surface area contributed by atoms with Gasteiger partial charge in [-0.3, -0.25) is 4.79 Å². The van der Waals surface area contributed by atoms with E-state index in [1.165, 1.54) is 11.4 Å². The number of nitrogens with one attached hydrogen (secondary N) is 1. The van der Waals surface area contributed by atoms with E-state index in [2.05, 4.69) is 5.32 Å². The zero-order valence-electron chi connectivity index (χ0n) is 10.9. The molecule has 1 aliphatic rings. The smallest absolute Gasteiger partial charge is 0.230 e. The van der Waals surface area contributed by atoms with E-state index in [0.717, 1.165) is 0 Å². The lowest BCUT2D eigenvalue weighted by molar-refractivity contribution is -0.128. The van der Waals surface area contributed by atoms with Gasteiger partial charge in [-0.25, -0.2) is 8.42 Å². The van der Waals surface area contributed by atoms with Crippen LogP contribution in [0.4, 0.5) is 0 Å². The molecular formula is C11H19N3O3S. The number of nitrogens with zero attached hydrogens (tertiary/aromatic N) is 2. The molecule has 0 radical (unpaired) electrons. The van der Waals surface area contributed by atoms with E-state index in [9.17, 15) is 13.2 Å². The van der Waals surface area contributed by atoms with E-state index < -0.39 is 20.7 Å². The first kappa shape index (κ1) is 14.9. The molecule has 1 aliphatic heterocycles. The Morgan fingerprint density at radius 1 is 1.61 bits per heavy atom. The van der Waals surface area contributed by atoms with Crippen LogP contribution in [0.5, 0.6) is 0 Å². The van der Waals surface area contributed by atoms with Gasteiger partial charge < -0.3 is 5.32 Å². The number of sulfonamides is 1. The van der Waals surface area contributed by atoms with Gasteiger partial charge in [-0.15, -0.1) is 0 Å². The maximum Gasteiger partial charge on any atom is 0.230 e. The highest BCUT2D eigenvalue weighted by atomic mass is 32.2. The van der Waals surface area contributed by atoms with Gasteiger partial charge in [0.1, 0.15) is 0 Å². The van der Waals surface area contributed by atoms with E-state index in [1.54, 1.807) is 13.8 Å². The maximum absolute atomic E-state index is 12.2. The van der Waals surface area contributed by atoms with Crippen LogP contribution in [-0.4, -0.2) is 44.0 Å². The Morgan fingerprint density at radius 3 is 2.67 bits per heavy atom. The van der Waals surface area contributed by atoms with Crippen LogP contribution in [0.25, 0.3) is 0 Å². The van der Waals surface area contributed by atoms with E-state index >= 15 is 0 Å². The summed E-state index contributed by atoms with van der Waals surface area (Å²) in [5.41, 5.74) is -0.699. The number of nitriles is 1. The molecule has 0 aromatic heterocycles. The summed E-state index contributed by atoms with van der Waals surface area (Å²) in [6.07, 6.45) is 0.736. The predicted octanol–water partition coefficient (Wildman–Crippen LogP) is 0.0764. The third-order valence-corrected chi connectivity index (χ3v) is 5.64. The first-order chi connectivity index (χ1) is 8.31. The molecule has 7 heteroatoms. The summed E-state index contributed by atoms with van der Waals surface area (Å²) < 4.78 is 25.6. The highest BCUT2D eigenvalue weighted by Gasteiger charge is 2.45. The molecule has 0 bridgehead atoms. The number of rotatable bonds is 4. The molecule has 102 valence electrons. The average Bonchev–Trinajstić information content (AvgIpc) is 2.74. The van der Waals surface area contributed by atoms with Crippen LogP contribution in [0, 0.1) is 16.7 Å². The average molecular weight is 273 g/mol. The normalized spacial score (nSPS) is 26.6. The van der Waals surface area contributed by atoms with Gasteiger partial charge in [-0.1, -0.05) is 6.92 Å². The van der Waals surface area contributed by atoms with Crippen LogP contribution >= 0.6 is 0 Å². The molecule has 1 fully saturated rings. The molecule has 0 saturated carbocycles. The number of carbonyl (C=O) groups excluding carboxylic acids is 1. The number of hydrogen-bond acceptors (Lipinski definition) is 4. The van der Waals surface area contributed by atoms with E-state index in [0.29, 0.717) is 13.0 Å². The topological polar surface area (TPSA) is 90.3 Å². The van der Waals surface area contributed by atoms with Crippen molar-refractivity contribution in [2.75, 3.05) is 20.1 Å². The van der Waals surface area contributed by atoms with Gasteiger partial charge in [-0.05, 0) is 19.8 Å². The van der Waals surface area contributed by atoms with Crippen LogP contribution in [0.2, 0.25) is 0 Å². The molecular weight excluding hydrogens is 254 g/mol. The van der Waals surface area contributed by atoms with Crippen molar-refractivity contribution in [1.29, 1.82) is 5.26 Å². The summed E-state index contributed by atoms with van der Waals surface area (Å²) in [6, 6.07) is 1.81. The second kappa shape index (κ2) is 5.24. The number of hydrogen-bond donors (Lipinski definition) is 1. The van der Waals surface area contributed by atoms with Gasteiger partial charge >= 0.3 is 0 Å². The van der Waals surface area contributed by atoms with Crippen molar-refractivity contribution in [2.24, 2.45) is 5.41 Å². The minimum atomic E-state index is -3.62. The second-order valence-electron chi connectivity index (χ2n) is 4.79. The van der Waals surface area contributed by atoms with Gasteiger partial charge in [0.05, 0.1) is 11.5 Å². The molecule has 1 saturated heterocycles. The fraction of sp³-hybridized carbons (Fsp3) is 0.818. The summed E-state index contributed by atoms with van der Waals surface area (Å²) in [4.78, 5) is 11.7. The Labute approximate surface area is 108 Å². The monoisotopic (exact) mass is 273 g/mol. The van der Waals surface area contributed by atoms with E-state index in [1.807, 2.05) is 6.07 Å². The van der Waals surface area contributed by atoms with Gasteiger partial charge in [0.2, 0.25) is 15.9 Å². The zero-order chi connectivity index (χ0) is 14.0. The number of amides is 1. The van der Waals surface area contributed by atoms with Gasteiger partial charge in [0, 0.05) is 20.1 Å². The molecule has 0 aromatic carbocycles. The van der Waals surface area contributed by atoms with Gasteiger partial charge in [0.25, 0.3) is 0 Å². The minimum Gasteiger partial charge on any atom is -0.359 e. The van der Waals surface area contributed by atoms with Gasteiger partial charge in [0.15, 0.2) is 5.25 Å². The van der Waals surface area contributed by atoms with E-state index in [4.69, 9.17) is 5.26 Å². The second-order valence-corrected chi connectivity index (χ2v) is 6.91. The molecule has 1 rings (SSSR count). The molecule has 6 nitrogen and oxygen atoms in total. The fourth-order valence-electron chi connectivity index (χ4n) is 2.17. The van der Waals surface area contributed by atoms with Crippen molar-refractivity contribution in [3.8, 4) is 6.07 Å². The molecule has 0 aromatic rings. The lowest BCUT2D eigenvalue weighted by atomic mass is 9.89. The number of carbonyl (C=O) groups is 1. The predicted molar refractivity (Wildman–Crippen MR) is 67.0 cm³/mol. The van der Waals surface area contributed by atoms with Crippen LogP contribution in [0.3, 0.4) is 0 Å². The summed E-state index contributed by atoms with van der Waals surface area (Å²) in [5.74, 6) is -0.162. The Hall–Kier alpha value is -1.13. The van der Waals surface area contributed by atoms with Crippen molar-refractivity contribution in [1.82, 2.24) is 9.62 Å². The van der Waals surface area contributed by atoms with Crippen LogP contribution < -0.4 is 5.32 Å². The quantitative estimate of drug-likeness (QED) is 0.785. The maximum atomic E-state index is 12.2. The standard InChI is InChI=1S/C11H19N3O3S/c1-4-9(7-12)18(16,17)14-6-5-11(2,8-14)10(15)13-3/h9H,4-6,8H2,1-3H3,(H,13,15). The highest BCUT2D eigenvalue weighted by Crippen LogP contribution is 2.33. The Bertz CT molecular complexity index is 468. The molecule has 2 atom stereocenters. The van der Waals surface area contributed by atoms with Crippen molar-refractivity contribution in [3.05, 3.63) is 0 Å². The van der Waals surface area contributed by atoms with Crippen LogP contribution in [-0.2, 0) is 14.8 Å². The van der Waals surface area contributed by atoms with Crippen molar-refractivity contribution < 1.29 is 13.2 Å². The highest BCUT2D eigenvalue weighted by molar-refractivity contribution is 7.90. The summed E-state index contributed by atoms with van der Waals surface area (Å²) in [6.45, 7) is 3.85. The minimum absolute atomic E-state index is 0.146. The Kier molecular flexibility index (Phi) is 4.35. The molecule has 1 heterocycles. The third-order valence-electron chi connectivity index (χ3n) is 3.45. The van der Waals surface area contributed by atoms with Crippen molar-refractivity contribution >= 4 is 15.9 Å². The summed E-state index contributed by atoms with van der Waals surface area (Å²) >= 11 is 0. The van der Waals surface area contributed by atoms with Crippen molar-refractivity contribution in [3.63, 3.8) is 0 Å². The van der Waals surface area contributed by atoms with E-state index in [-0.39, 0.29) is 18.9 Å². The van der Waals surface area contributed by atoms with Gasteiger partial charge in [-0.2, -0.15) is 9.57 Å². The zero-order valence-corrected chi connectivity index (χ0v) is 11.7. The Balaban J connectivity index is 2.91. The fourth-order valence-corrected chi connectivity index (χ4v) is 3.90.